The summed E-state index contributed by atoms with van der Waals surface area (Å²) in [5.41, 5.74) is 0.158. The molecule has 0 aromatic carbocycles. The van der Waals surface area contributed by atoms with Gasteiger partial charge in [-0.25, -0.2) is 19.3 Å². The zero-order valence-corrected chi connectivity index (χ0v) is 18.2. The van der Waals surface area contributed by atoms with Crippen LogP contribution in [0.5, 0.6) is 0 Å². The number of pyridine rings is 2. The SMILES string of the molecule is CC(C)c1ncc(C(=O)Nc2c(-c3cccc(=O)[nH]3)ccnc2N2CCC(C)(F)C2)cn1. The molecule has 32 heavy (non-hydrogen) atoms. The second-order valence-electron chi connectivity index (χ2n) is 8.51. The van der Waals surface area contributed by atoms with E-state index in [0.29, 0.717) is 41.6 Å². The molecule has 9 heteroatoms. The Hall–Kier alpha value is -3.62. The van der Waals surface area contributed by atoms with Gasteiger partial charge in [-0.15, -0.1) is 0 Å². The van der Waals surface area contributed by atoms with Crippen molar-refractivity contribution in [1.29, 1.82) is 0 Å². The van der Waals surface area contributed by atoms with Crippen LogP contribution < -0.4 is 15.8 Å². The van der Waals surface area contributed by atoms with Gasteiger partial charge < -0.3 is 15.2 Å². The second-order valence-corrected chi connectivity index (χ2v) is 8.51. The van der Waals surface area contributed by atoms with E-state index in [-0.39, 0.29) is 23.6 Å². The van der Waals surface area contributed by atoms with E-state index in [1.54, 1.807) is 36.2 Å². The Balaban J connectivity index is 1.75. The van der Waals surface area contributed by atoms with Crippen LogP contribution in [0.3, 0.4) is 0 Å². The third-order valence-corrected chi connectivity index (χ3v) is 5.40. The number of carbonyl (C=O) groups is 1. The number of hydrogen-bond acceptors (Lipinski definition) is 6. The summed E-state index contributed by atoms with van der Waals surface area (Å²) in [5, 5.41) is 2.90. The van der Waals surface area contributed by atoms with Gasteiger partial charge >= 0.3 is 0 Å². The highest BCUT2D eigenvalue weighted by Gasteiger charge is 2.35. The zero-order valence-electron chi connectivity index (χ0n) is 18.2. The van der Waals surface area contributed by atoms with E-state index in [1.165, 1.54) is 18.5 Å². The molecule has 1 atom stereocenters. The molecule has 1 aliphatic rings. The van der Waals surface area contributed by atoms with Crippen molar-refractivity contribution >= 4 is 17.4 Å². The Morgan fingerprint density at radius 1 is 1.22 bits per heavy atom. The monoisotopic (exact) mass is 436 g/mol. The number of H-pyrrole nitrogens is 1. The maximum atomic E-state index is 14.6. The van der Waals surface area contributed by atoms with Gasteiger partial charge in [-0.1, -0.05) is 19.9 Å². The van der Waals surface area contributed by atoms with Crippen LogP contribution >= 0.6 is 0 Å². The van der Waals surface area contributed by atoms with Crippen LogP contribution in [-0.4, -0.2) is 44.6 Å². The van der Waals surface area contributed by atoms with Crippen molar-refractivity contribution in [3.63, 3.8) is 0 Å². The molecule has 3 aromatic rings. The fourth-order valence-corrected chi connectivity index (χ4v) is 3.69. The maximum absolute atomic E-state index is 14.6. The van der Waals surface area contributed by atoms with Crippen LogP contribution in [0.2, 0.25) is 0 Å². The topological polar surface area (TPSA) is 104 Å². The van der Waals surface area contributed by atoms with Gasteiger partial charge in [-0.3, -0.25) is 9.59 Å². The molecule has 0 aliphatic carbocycles. The molecule has 1 saturated heterocycles. The number of halogens is 1. The maximum Gasteiger partial charge on any atom is 0.258 e. The number of aromatic amines is 1. The Labute approximate surface area is 185 Å². The molecule has 0 saturated carbocycles. The van der Waals surface area contributed by atoms with Gasteiger partial charge in [-0.2, -0.15) is 0 Å². The van der Waals surface area contributed by atoms with E-state index >= 15 is 0 Å². The fraction of sp³-hybridized carbons (Fsp3) is 0.348. The van der Waals surface area contributed by atoms with Crippen molar-refractivity contribution in [3.8, 4) is 11.3 Å². The average Bonchev–Trinajstić information content (AvgIpc) is 3.13. The van der Waals surface area contributed by atoms with Gasteiger partial charge in [0.2, 0.25) is 5.56 Å². The van der Waals surface area contributed by atoms with Gasteiger partial charge in [0.05, 0.1) is 23.5 Å². The van der Waals surface area contributed by atoms with Gasteiger partial charge in [0.15, 0.2) is 5.82 Å². The quantitative estimate of drug-likeness (QED) is 0.634. The minimum Gasteiger partial charge on any atom is -0.352 e. The number of aromatic nitrogens is 4. The van der Waals surface area contributed by atoms with Crippen LogP contribution in [-0.2, 0) is 0 Å². The number of nitrogens with one attached hydrogen (secondary N) is 2. The van der Waals surface area contributed by atoms with Gasteiger partial charge in [0, 0.05) is 49.1 Å². The van der Waals surface area contributed by atoms with Gasteiger partial charge in [0.1, 0.15) is 11.5 Å². The first kappa shape index (κ1) is 21.6. The number of nitrogens with zero attached hydrogens (tertiary/aromatic N) is 4. The van der Waals surface area contributed by atoms with Crippen molar-refractivity contribution in [1.82, 2.24) is 19.9 Å². The molecule has 166 valence electrons. The molecule has 0 bridgehead atoms. The first-order valence-corrected chi connectivity index (χ1v) is 10.5. The lowest BCUT2D eigenvalue weighted by Gasteiger charge is -2.23. The van der Waals surface area contributed by atoms with E-state index in [2.05, 4.69) is 25.3 Å². The molecule has 3 aromatic heterocycles. The molecule has 1 amide bonds. The second kappa shape index (κ2) is 8.49. The summed E-state index contributed by atoms with van der Waals surface area (Å²) >= 11 is 0. The smallest absolute Gasteiger partial charge is 0.258 e. The van der Waals surface area contributed by atoms with Gasteiger partial charge in [-0.05, 0) is 19.1 Å². The van der Waals surface area contributed by atoms with Crippen LogP contribution in [0.1, 0.15) is 49.3 Å². The van der Waals surface area contributed by atoms with Crippen molar-refractivity contribution in [2.45, 2.75) is 38.8 Å². The van der Waals surface area contributed by atoms with Crippen LogP contribution in [0, 0.1) is 0 Å². The van der Waals surface area contributed by atoms with Crippen LogP contribution in [0.4, 0.5) is 15.9 Å². The minimum atomic E-state index is -1.35. The van der Waals surface area contributed by atoms with Crippen molar-refractivity contribution in [3.05, 3.63) is 64.6 Å². The number of carbonyl (C=O) groups excluding carboxylic acids is 1. The molecule has 4 heterocycles. The Bertz CT molecular complexity index is 1190. The molecule has 1 aliphatic heterocycles. The average molecular weight is 436 g/mol. The summed E-state index contributed by atoms with van der Waals surface area (Å²) in [6.07, 6.45) is 4.90. The summed E-state index contributed by atoms with van der Waals surface area (Å²) in [5.74, 6) is 0.812. The third-order valence-electron chi connectivity index (χ3n) is 5.40. The molecule has 0 spiro atoms. The first-order chi connectivity index (χ1) is 15.2. The van der Waals surface area contributed by atoms with E-state index < -0.39 is 11.6 Å². The van der Waals surface area contributed by atoms with E-state index in [0.717, 1.165) is 0 Å². The summed E-state index contributed by atoms with van der Waals surface area (Å²) in [4.78, 5) is 42.5. The molecule has 1 fully saturated rings. The Kier molecular flexibility index (Phi) is 5.73. The lowest BCUT2D eigenvalue weighted by atomic mass is 10.1. The van der Waals surface area contributed by atoms with Crippen LogP contribution in [0.25, 0.3) is 11.3 Å². The van der Waals surface area contributed by atoms with Crippen molar-refractivity contribution in [2.24, 2.45) is 0 Å². The normalized spacial score (nSPS) is 18.2. The minimum absolute atomic E-state index is 0.142. The zero-order chi connectivity index (χ0) is 22.9. The standard InChI is InChI=1S/C23H25FN6O2/c1-14(2)20-26-11-15(12-27-20)22(32)29-19-16(17-5-4-6-18(31)28-17)7-9-25-21(19)30-10-8-23(3,24)13-30/h4-7,9,11-12,14H,8,10,13H2,1-3H3,(H,28,31)(H,29,32). The Morgan fingerprint density at radius 3 is 2.59 bits per heavy atom. The van der Waals surface area contributed by atoms with Crippen molar-refractivity contribution in [2.75, 3.05) is 23.3 Å². The first-order valence-electron chi connectivity index (χ1n) is 10.5. The molecular formula is C23H25FN6O2. The molecule has 2 N–H and O–H groups in total. The number of rotatable bonds is 5. The third kappa shape index (κ3) is 4.51. The fourth-order valence-electron chi connectivity index (χ4n) is 3.69. The number of amides is 1. The lowest BCUT2D eigenvalue weighted by Crippen LogP contribution is -2.28. The number of hydrogen-bond donors (Lipinski definition) is 2. The van der Waals surface area contributed by atoms with Crippen LogP contribution in [0.15, 0.2) is 47.7 Å². The summed E-state index contributed by atoms with van der Waals surface area (Å²) in [7, 11) is 0. The number of alkyl halides is 1. The largest absolute Gasteiger partial charge is 0.352 e. The summed E-state index contributed by atoms with van der Waals surface area (Å²) in [6, 6.07) is 6.48. The molecule has 8 nitrogen and oxygen atoms in total. The van der Waals surface area contributed by atoms with Crippen molar-refractivity contribution < 1.29 is 9.18 Å². The molecule has 1 unspecified atom stereocenters. The predicted octanol–water partition coefficient (Wildman–Crippen LogP) is 3.54. The molecular weight excluding hydrogens is 411 g/mol. The number of anilines is 2. The van der Waals surface area contributed by atoms with E-state index in [1.807, 2.05) is 13.8 Å². The predicted molar refractivity (Wildman–Crippen MR) is 121 cm³/mol. The Morgan fingerprint density at radius 2 is 1.97 bits per heavy atom. The highest BCUT2D eigenvalue weighted by Crippen LogP contribution is 2.37. The molecule has 0 radical (unpaired) electrons. The van der Waals surface area contributed by atoms with Gasteiger partial charge in [0.25, 0.3) is 5.91 Å². The molecule has 4 rings (SSSR count). The summed E-state index contributed by atoms with van der Waals surface area (Å²) < 4.78 is 14.6. The summed E-state index contributed by atoms with van der Waals surface area (Å²) in [6.45, 7) is 6.11. The highest BCUT2D eigenvalue weighted by atomic mass is 19.1. The highest BCUT2D eigenvalue weighted by molar-refractivity contribution is 6.07. The van der Waals surface area contributed by atoms with E-state index in [9.17, 15) is 14.0 Å². The van der Waals surface area contributed by atoms with E-state index in [4.69, 9.17) is 0 Å². The lowest BCUT2D eigenvalue weighted by molar-refractivity contribution is 0.102.